The molecule has 0 N–H and O–H groups in total. The van der Waals surface area contributed by atoms with Crippen LogP contribution in [0.5, 0.6) is 11.5 Å². The van der Waals surface area contributed by atoms with E-state index in [0.717, 1.165) is 59.4 Å². The number of ether oxygens (including phenoxy) is 2. The molecule has 2 aromatic rings. The Kier molecular flexibility index (Phi) is 6.78. The lowest BCUT2D eigenvalue weighted by Crippen LogP contribution is -2.37. The molecular weight excluding hydrogens is 530 g/mol. The number of ketones is 2. The van der Waals surface area contributed by atoms with Crippen LogP contribution in [0.2, 0.25) is 5.02 Å². The molecule has 7 heteroatoms. The maximum absolute atomic E-state index is 13.2. The highest BCUT2D eigenvalue weighted by Gasteiger charge is 2.42. The number of rotatable bonds is 5. The van der Waals surface area contributed by atoms with E-state index in [2.05, 4.69) is 20.8 Å². The van der Waals surface area contributed by atoms with E-state index in [1.807, 2.05) is 43.4 Å². The molecule has 0 fully saturated rings. The first-order valence-corrected chi connectivity index (χ1v) is 13.1. The Labute approximate surface area is 218 Å². The smallest absolute Gasteiger partial charge is 0.175 e. The fraction of sp³-hybridized carbons (Fsp3) is 0.357. The van der Waals surface area contributed by atoms with Gasteiger partial charge in [-0.05, 0) is 77.0 Å². The average Bonchev–Trinajstić information content (AvgIpc) is 2.84. The second-order valence-corrected chi connectivity index (χ2v) is 10.5. The number of Topliss-reactive ketones (excluding diaryl/α,β-unsaturated/α-hetero) is 2. The highest BCUT2D eigenvalue weighted by molar-refractivity contribution is 9.10. The lowest BCUT2D eigenvalue weighted by Gasteiger charge is -2.42. The number of hydrogen-bond acceptors (Lipinski definition) is 5. The fourth-order valence-electron chi connectivity index (χ4n) is 5.51. The van der Waals surface area contributed by atoms with Crippen molar-refractivity contribution in [2.75, 3.05) is 14.2 Å². The van der Waals surface area contributed by atoms with Gasteiger partial charge in [-0.1, -0.05) is 23.7 Å². The summed E-state index contributed by atoms with van der Waals surface area (Å²) in [6.07, 6.45) is 4.40. The lowest BCUT2D eigenvalue weighted by atomic mass is 9.71. The molecule has 35 heavy (non-hydrogen) atoms. The van der Waals surface area contributed by atoms with Crippen molar-refractivity contribution in [3.8, 4) is 11.5 Å². The van der Waals surface area contributed by atoms with Gasteiger partial charge in [-0.3, -0.25) is 9.59 Å². The van der Waals surface area contributed by atoms with Crippen LogP contribution in [0, 0.1) is 0 Å². The maximum Gasteiger partial charge on any atom is 0.175 e. The van der Waals surface area contributed by atoms with Gasteiger partial charge in [-0.15, -0.1) is 0 Å². The van der Waals surface area contributed by atoms with E-state index in [1.54, 1.807) is 7.11 Å². The molecule has 5 rings (SSSR count). The quantitative estimate of drug-likeness (QED) is 0.409. The first kappa shape index (κ1) is 24.1. The summed E-state index contributed by atoms with van der Waals surface area (Å²) in [5.41, 5.74) is 5.43. The molecule has 2 aliphatic carbocycles. The number of carbonyl (C=O) groups is 2. The van der Waals surface area contributed by atoms with Gasteiger partial charge >= 0.3 is 0 Å². The summed E-state index contributed by atoms with van der Waals surface area (Å²) in [5.74, 6) is 0.987. The second-order valence-electron chi connectivity index (χ2n) is 9.22. The van der Waals surface area contributed by atoms with Crippen molar-refractivity contribution < 1.29 is 19.1 Å². The normalized spacial score (nSPS) is 18.6. The van der Waals surface area contributed by atoms with Crippen LogP contribution < -0.4 is 9.47 Å². The summed E-state index contributed by atoms with van der Waals surface area (Å²) in [6.45, 7) is 0.324. The number of hydrogen-bond donors (Lipinski definition) is 0. The molecule has 0 aromatic heterocycles. The zero-order chi connectivity index (χ0) is 24.7. The molecule has 3 aliphatic rings. The standard InChI is InChI=1S/C28H27BrClNO4/c1-31-20-8-4-10-22(32)26(20)25(27-21(31)9-5-11-23(27)33)17-13-19(29)28(24(14-17)34-2)35-15-16-6-3-7-18(30)12-16/h3,6-7,12-14,25H,4-5,8-11,15H2,1-2H3. The van der Waals surface area contributed by atoms with Crippen LogP contribution in [0.3, 0.4) is 0 Å². The number of carbonyl (C=O) groups excluding carboxylic acids is 2. The van der Waals surface area contributed by atoms with E-state index in [-0.39, 0.29) is 17.5 Å². The van der Waals surface area contributed by atoms with E-state index in [9.17, 15) is 9.59 Å². The van der Waals surface area contributed by atoms with Crippen molar-refractivity contribution in [3.05, 3.63) is 79.6 Å². The van der Waals surface area contributed by atoms with E-state index in [4.69, 9.17) is 21.1 Å². The number of nitrogens with zero attached hydrogens (tertiary/aromatic N) is 1. The Morgan fingerprint density at radius 3 is 2.26 bits per heavy atom. The Morgan fingerprint density at radius 1 is 1.00 bits per heavy atom. The van der Waals surface area contributed by atoms with Crippen molar-refractivity contribution in [3.63, 3.8) is 0 Å². The van der Waals surface area contributed by atoms with Gasteiger partial charge in [0.1, 0.15) is 6.61 Å². The number of allylic oxidation sites excluding steroid dienone is 4. The summed E-state index contributed by atoms with van der Waals surface area (Å²) in [7, 11) is 3.60. The minimum Gasteiger partial charge on any atom is -0.493 e. The molecule has 0 radical (unpaired) electrons. The first-order chi connectivity index (χ1) is 16.9. The number of halogens is 2. The molecule has 182 valence electrons. The van der Waals surface area contributed by atoms with Crippen molar-refractivity contribution >= 4 is 39.1 Å². The zero-order valence-corrected chi connectivity index (χ0v) is 22.2. The van der Waals surface area contributed by atoms with Crippen LogP contribution in [0.15, 0.2) is 63.4 Å². The van der Waals surface area contributed by atoms with Gasteiger partial charge < -0.3 is 14.4 Å². The molecule has 0 bridgehead atoms. The van der Waals surface area contributed by atoms with E-state index < -0.39 is 0 Å². The van der Waals surface area contributed by atoms with Crippen LogP contribution in [-0.4, -0.2) is 30.6 Å². The molecule has 1 aliphatic heterocycles. The second kappa shape index (κ2) is 9.82. The molecule has 0 unspecified atom stereocenters. The minimum atomic E-state index is -0.385. The molecule has 0 saturated carbocycles. The Hall–Kier alpha value is -2.57. The monoisotopic (exact) mass is 555 g/mol. The van der Waals surface area contributed by atoms with Gasteiger partial charge in [0.2, 0.25) is 0 Å². The third-order valence-electron chi connectivity index (χ3n) is 7.10. The van der Waals surface area contributed by atoms with Crippen molar-refractivity contribution in [1.82, 2.24) is 4.90 Å². The molecule has 2 aromatic carbocycles. The molecule has 0 amide bonds. The highest BCUT2D eigenvalue weighted by Crippen LogP contribution is 2.50. The molecule has 5 nitrogen and oxygen atoms in total. The predicted octanol–water partition coefficient (Wildman–Crippen LogP) is 6.73. The van der Waals surface area contributed by atoms with Gasteiger partial charge in [-0.2, -0.15) is 0 Å². The van der Waals surface area contributed by atoms with Crippen LogP contribution in [0.25, 0.3) is 0 Å². The van der Waals surface area contributed by atoms with Gasteiger partial charge in [-0.25, -0.2) is 0 Å². The Bertz CT molecular complexity index is 1240. The number of benzene rings is 2. The topological polar surface area (TPSA) is 55.8 Å². The Morgan fingerprint density at radius 2 is 1.66 bits per heavy atom. The van der Waals surface area contributed by atoms with E-state index in [0.29, 0.717) is 40.4 Å². The third kappa shape index (κ3) is 4.43. The summed E-state index contributed by atoms with van der Waals surface area (Å²) < 4.78 is 12.6. The molecule has 0 atom stereocenters. The van der Waals surface area contributed by atoms with E-state index >= 15 is 0 Å². The largest absolute Gasteiger partial charge is 0.493 e. The molecule has 0 saturated heterocycles. The van der Waals surface area contributed by atoms with Crippen molar-refractivity contribution in [2.24, 2.45) is 0 Å². The molecule has 0 spiro atoms. The summed E-state index contributed by atoms with van der Waals surface area (Å²) in [5, 5.41) is 0.650. The fourth-order valence-corrected chi connectivity index (χ4v) is 6.30. The zero-order valence-electron chi connectivity index (χ0n) is 19.8. The summed E-state index contributed by atoms with van der Waals surface area (Å²) in [6, 6.07) is 11.4. The summed E-state index contributed by atoms with van der Waals surface area (Å²) in [4.78, 5) is 28.6. The lowest BCUT2D eigenvalue weighted by molar-refractivity contribution is -0.117. The van der Waals surface area contributed by atoms with Gasteiger partial charge in [0.25, 0.3) is 0 Å². The van der Waals surface area contributed by atoms with Gasteiger partial charge in [0, 0.05) is 53.4 Å². The average molecular weight is 557 g/mol. The summed E-state index contributed by atoms with van der Waals surface area (Å²) >= 11 is 9.78. The molecular formula is C28H27BrClNO4. The van der Waals surface area contributed by atoms with Gasteiger partial charge in [0.05, 0.1) is 11.6 Å². The van der Waals surface area contributed by atoms with Crippen molar-refractivity contribution in [2.45, 2.75) is 51.0 Å². The van der Waals surface area contributed by atoms with Crippen LogP contribution in [0.4, 0.5) is 0 Å². The SMILES string of the molecule is COc1cc(C2C3=C(CCCC3=O)N(C)C3=C2C(=O)CCC3)cc(Br)c1OCc1cccc(Cl)c1. The van der Waals surface area contributed by atoms with Crippen LogP contribution in [-0.2, 0) is 16.2 Å². The first-order valence-electron chi connectivity index (χ1n) is 11.9. The van der Waals surface area contributed by atoms with Crippen molar-refractivity contribution in [1.29, 1.82) is 0 Å². The Balaban J connectivity index is 1.58. The van der Waals surface area contributed by atoms with Gasteiger partial charge in [0.15, 0.2) is 23.1 Å². The highest BCUT2D eigenvalue weighted by atomic mass is 79.9. The van der Waals surface area contributed by atoms with Crippen LogP contribution >= 0.6 is 27.5 Å². The van der Waals surface area contributed by atoms with Crippen LogP contribution in [0.1, 0.15) is 55.6 Å². The number of methoxy groups -OCH3 is 1. The minimum absolute atomic E-state index is 0.129. The molecule has 1 heterocycles. The van der Waals surface area contributed by atoms with E-state index in [1.165, 1.54) is 0 Å². The predicted molar refractivity (Wildman–Crippen MR) is 139 cm³/mol. The third-order valence-corrected chi connectivity index (χ3v) is 7.93. The maximum atomic E-state index is 13.2.